The molecule has 2 nitrogen and oxygen atoms in total. The van der Waals surface area contributed by atoms with Gasteiger partial charge in [-0.15, -0.1) is 0 Å². The third-order valence-electron chi connectivity index (χ3n) is 4.02. The topological polar surface area (TPSA) is 20.9 Å². The number of carbonyl (C=O) groups excluding carboxylic acids is 1. The standard InChI is InChI=1S/C20H20NOS/c1-14-9-15(2)20(16(3)10-14)19(22)11-21-13-23-12-18(21)17-7-5-4-6-8-17/h4-10,12-13H,11H2,1-3H3/q+1. The van der Waals surface area contributed by atoms with Crippen LogP contribution in [0.15, 0.2) is 53.4 Å². The van der Waals surface area contributed by atoms with Gasteiger partial charge in [0.15, 0.2) is 0 Å². The third-order valence-corrected chi connectivity index (χ3v) is 4.75. The fourth-order valence-corrected chi connectivity index (χ4v) is 3.91. The summed E-state index contributed by atoms with van der Waals surface area (Å²) in [7, 11) is 0. The molecule has 0 aliphatic carbocycles. The second-order valence-electron chi connectivity index (χ2n) is 5.94. The highest BCUT2D eigenvalue weighted by Gasteiger charge is 2.21. The van der Waals surface area contributed by atoms with E-state index in [0.717, 1.165) is 27.9 Å². The van der Waals surface area contributed by atoms with Gasteiger partial charge in [-0.05, 0) is 44.0 Å². The average Bonchev–Trinajstić information content (AvgIpc) is 2.95. The van der Waals surface area contributed by atoms with Crippen molar-refractivity contribution in [1.29, 1.82) is 0 Å². The summed E-state index contributed by atoms with van der Waals surface area (Å²) < 4.78 is 2.04. The first-order valence-electron chi connectivity index (χ1n) is 7.68. The molecule has 0 radical (unpaired) electrons. The summed E-state index contributed by atoms with van der Waals surface area (Å²) in [5, 5.41) is 2.09. The van der Waals surface area contributed by atoms with Crippen LogP contribution in [0.25, 0.3) is 11.3 Å². The molecule has 0 fully saturated rings. The van der Waals surface area contributed by atoms with Crippen molar-refractivity contribution in [1.82, 2.24) is 0 Å². The van der Waals surface area contributed by atoms with Gasteiger partial charge in [-0.3, -0.25) is 4.79 Å². The van der Waals surface area contributed by atoms with E-state index in [0.29, 0.717) is 6.54 Å². The summed E-state index contributed by atoms with van der Waals surface area (Å²) in [6.45, 7) is 6.47. The van der Waals surface area contributed by atoms with Gasteiger partial charge in [0.2, 0.25) is 23.5 Å². The highest BCUT2D eigenvalue weighted by molar-refractivity contribution is 7.07. The first-order chi connectivity index (χ1) is 11.1. The van der Waals surface area contributed by atoms with Crippen molar-refractivity contribution in [3.63, 3.8) is 0 Å². The van der Waals surface area contributed by atoms with E-state index in [9.17, 15) is 4.79 Å². The van der Waals surface area contributed by atoms with E-state index >= 15 is 0 Å². The van der Waals surface area contributed by atoms with Crippen LogP contribution in [0.1, 0.15) is 27.0 Å². The molecule has 0 saturated carbocycles. The number of carbonyl (C=O) groups is 1. The number of benzene rings is 2. The third kappa shape index (κ3) is 3.25. The van der Waals surface area contributed by atoms with Crippen LogP contribution in [-0.4, -0.2) is 5.78 Å². The monoisotopic (exact) mass is 322 g/mol. The zero-order valence-corrected chi connectivity index (χ0v) is 14.5. The summed E-state index contributed by atoms with van der Waals surface area (Å²) >= 11 is 1.62. The van der Waals surface area contributed by atoms with Crippen LogP contribution < -0.4 is 4.57 Å². The number of hydrogen-bond acceptors (Lipinski definition) is 2. The van der Waals surface area contributed by atoms with Crippen LogP contribution in [0.3, 0.4) is 0 Å². The molecule has 116 valence electrons. The lowest BCUT2D eigenvalue weighted by molar-refractivity contribution is -0.667. The zero-order valence-electron chi connectivity index (χ0n) is 13.7. The van der Waals surface area contributed by atoms with E-state index in [-0.39, 0.29) is 5.78 Å². The van der Waals surface area contributed by atoms with Gasteiger partial charge in [-0.1, -0.05) is 47.2 Å². The van der Waals surface area contributed by atoms with Gasteiger partial charge in [-0.25, -0.2) is 0 Å². The maximum absolute atomic E-state index is 12.8. The van der Waals surface area contributed by atoms with Crippen molar-refractivity contribution in [2.45, 2.75) is 27.3 Å². The smallest absolute Gasteiger partial charge is 0.228 e. The molecule has 1 heterocycles. The lowest BCUT2D eigenvalue weighted by Gasteiger charge is -2.09. The number of aromatic nitrogens is 1. The first-order valence-corrected chi connectivity index (χ1v) is 8.62. The summed E-state index contributed by atoms with van der Waals surface area (Å²) in [5.41, 5.74) is 8.41. The van der Waals surface area contributed by atoms with E-state index in [1.165, 1.54) is 5.56 Å². The number of ketones is 1. The predicted molar refractivity (Wildman–Crippen MR) is 94.9 cm³/mol. The minimum Gasteiger partial charge on any atom is -0.287 e. The van der Waals surface area contributed by atoms with Crippen molar-refractivity contribution < 1.29 is 9.36 Å². The zero-order chi connectivity index (χ0) is 16.4. The van der Waals surface area contributed by atoms with Crippen LogP contribution in [0.5, 0.6) is 0 Å². The summed E-state index contributed by atoms with van der Waals surface area (Å²) in [4.78, 5) is 12.8. The Morgan fingerprint density at radius 3 is 2.35 bits per heavy atom. The number of aryl methyl sites for hydroxylation is 3. The maximum Gasteiger partial charge on any atom is 0.228 e. The second kappa shape index (κ2) is 6.47. The van der Waals surface area contributed by atoms with Gasteiger partial charge in [0.1, 0.15) is 0 Å². The van der Waals surface area contributed by atoms with Crippen molar-refractivity contribution in [2.24, 2.45) is 0 Å². The summed E-state index contributed by atoms with van der Waals surface area (Å²) in [5.74, 6) is 0.167. The Morgan fingerprint density at radius 1 is 1.04 bits per heavy atom. The number of Topliss-reactive ketones (excluding diaryl/α,β-unsaturated/α-hetero) is 1. The van der Waals surface area contributed by atoms with E-state index in [4.69, 9.17) is 0 Å². The molecule has 3 heteroatoms. The first kappa shape index (κ1) is 15.6. The molecular formula is C20H20NOS+. The van der Waals surface area contributed by atoms with E-state index in [1.54, 1.807) is 11.3 Å². The highest BCUT2D eigenvalue weighted by Crippen LogP contribution is 2.19. The Labute approximate surface area is 141 Å². The van der Waals surface area contributed by atoms with Crippen molar-refractivity contribution in [2.75, 3.05) is 0 Å². The minimum atomic E-state index is 0.167. The molecule has 3 aromatic rings. The van der Waals surface area contributed by atoms with Gasteiger partial charge in [0.05, 0.1) is 5.38 Å². The molecule has 0 bridgehead atoms. The maximum atomic E-state index is 12.8. The summed E-state index contributed by atoms with van der Waals surface area (Å²) in [6.07, 6.45) is 0. The molecule has 0 unspecified atom stereocenters. The molecule has 2 aromatic carbocycles. The van der Waals surface area contributed by atoms with E-state index < -0.39 is 0 Å². The Kier molecular flexibility index (Phi) is 4.39. The fourth-order valence-electron chi connectivity index (χ4n) is 3.11. The van der Waals surface area contributed by atoms with Crippen LogP contribution in [-0.2, 0) is 6.54 Å². The largest absolute Gasteiger partial charge is 0.287 e. The van der Waals surface area contributed by atoms with Crippen molar-refractivity contribution >= 4 is 17.1 Å². The lowest BCUT2D eigenvalue weighted by atomic mass is 9.96. The molecule has 0 saturated heterocycles. The Hall–Kier alpha value is -2.26. The molecule has 1 aromatic heterocycles. The number of rotatable bonds is 4. The van der Waals surface area contributed by atoms with Crippen LogP contribution >= 0.6 is 11.3 Å². The molecule has 23 heavy (non-hydrogen) atoms. The molecule has 0 aliphatic heterocycles. The predicted octanol–water partition coefficient (Wildman–Crippen LogP) is 4.51. The van der Waals surface area contributed by atoms with Crippen molar-refractivity contribution in [3.8, 4) is 11.3 Å². The van der Waals surface area contributed by atoms with E-state index in [2.05, 4.69) is 36.6 Å². The quantitative estimate of drug-likeness (QED) is 0.511. The summed E-state index contributed by atoms with van der Waals surface area (Å²) in [6, 6.07) is 14.4. The molecule has 0 spiro atoms. The number of hydrogen-bond donors (Lipinski definition) is 0. The van der Waals surface area contributed by atoms with Crippen LogP contribution in [0, 0.1) is 20.8 Å². The molecule has 0 atom stereocenters. The molecule has 0 N–H and O–H groups in total. The van der Waals surface area contributed by atoms with E-state index in [1.807, 2.05) is 42.1 Å². The lowest BCUT2D eigenvalue weighted by Crippen LogP contribution is -2.38. The van der Waals surface area contributed by atoms with Gasteiger partial charge in [0.25, 0.3) is 0 Å². The number of nitrogens with zero attached hydrogens (tertiary/aromatic N) is 1. The Bertz CT molecular complexity index is 826. The fraction of sp³-hybridized carbons (Fsp3) is 0.200. The van der Waals surface area contributed by atoms with Gasteiger partial charge in [0, 0.05) is 11.1 Å². The van der Waals surface area contributed by atoms with Crippen LogP contribution in [0.4, 0.5) is 0 Å². The van der Waals surface area contributed by atoms with Gasteiger partial charge >= 0.3 is 0 Å². The normalized spacial score (nSPS) is 10.7. The van der Waals surface area contributed by atoms with Gasteiger partial charge < -0.3 is 0 Å². The molecule has 0 amide bonds. The van der Waals surface area contributed by atoms with Crippen molar-refractivity contribution in [3.05, 3.63) is 75.6 Å². The molecule has 0 aliphatic rings. The molecule has 3 rings (SSSR count). The Morgan fingerprint density at radius 2 is 1.70 bits per heavy atom. The SMILES string of the molecule is Cc1cc(C)c(C(=O)C[n+]2cscc2-c2ccccc2)c(C)c1. The van der Waals surface area contributed by atoms with Crippen LogP contribution in [0.2, 0.25) is 0 Å². The highest BCUT2D eigenvalue weighted by atomic mass is 32.1. The minimum absolute atomic E-state index is 0.167. The Balaban J connectivity index is 1.92. The second-order valence-corrected chi connectivity index (χ2v) is 6.65. The number of thiazole rings is 1. The van der Waals surface area contributed by atoms with Gasteiger partial charge in [-0.2, -0.15) is 4.57 Å². The molecular weight excluding hydrogens is 302 g/mol. The average molecular weight is 322 g/mol.